The standard InChI is InChI=1S/C22H32O10P2/c1-5-25-29-33(23,30-26-6-2)21-13-9-11-19(17-21)15-16-20-12-10-14-22(18-20)34(24,31-27-7-3)32-28-8-4/h9-14,17-18H,5-8,15-16H2,1-4H3. The first-order chi connectivity index (χ1) is 16.4. The minimum atomic E-state index is -3.82. The molecule has 2 aromatic rings. The number of hydrogen-bond donors (Lipinski definition) is 0. The van der Waals surface area contributed by atoms with Crippen molar-refractivity contribution in [1.82, 2.24) is 0 Å². The van der Waals surface area contributed by atoms with Gasteiger partial charge >= 0.3 is 15.2 Å². The normalized spacial score (nSPS) is 12.2. The van der Waals surface area contributed by atoms with Crippen molar-refractivity contribution in [2.45, 2.75) is 40.5 Å². The lowest BCUT2D eigenvalue weighted by Gasteiger charge is -2.17. The van der Waals surface area contributed by atoms with Gasteiger partial charge in [-0.25, -0.2) is 28.7 Å². The fourth-order valence-corrected chi connectivity index (χ4v) is 5.29. The second-order valence-electron chi connectivity index (χ2n) is 6.76. The third-order valence-corrected chi connectivity index (χ3v) is 7.26. The van der Waals surface area contributed by atoms with E-state index in [-0.39, 0.29) is 26.4 Å². The van der Waals surface area contributed by atoms with Crippen molar-refractivity contribution >= 4 is 25.8 Å². The molecule has 0 amide bonds. The predicted octanol–water partition coefficient (Wildman–Crippen LogP) is 4.98. The molecule has 10 nitrogen and oxygen atoms in total. The third kappa shape index (κ3) is 8.66. The van der Waals surface area contributed by atoms with E-state index < -0.39 is 15.2 Å². The van der Waals surface area contributed by atoms with Gasteiger partial charge in [-0.15, -0.1) is 18.7 Å². The highest BCUT2D eigenvalue weighted by Crippen LogP contribution is 2.48. The summed E-state index contributed by atoms with van der Waals surface area (Å²) in [5.41, 5.74) is 1.75. The van der Waals surface area contributed by atoms with Crippen LogP contribution in [-0.2, 0) is 60.2 Å². The molecule has 0 saturated carbocycles. The van der Waals surface area contributed by atoms with Gasteiger partial charge in [-0.05, 0) is 75.9 Å². The van der Waals surface area contributed by atoms with Crippen LogP contribution in [0, 0.1) is 0 Å². The molecule has 2 rings (SSSR count). The van der Waals surface area contributed by atoms with Crippen LogP contribution in [0.1, 0.15) is 38.8 Å². The molecule has 0 saturated heterocycles. The molecule has 0 atom stereocenters. The highest BCUT2D eigenvalue weighted by Gasteiger charge is 2.32. The van der Waals surface area contributed by atoms with Gasteiger partial charge < -0.3 is 0 Å². The van der Waals surface area contributed by atoms with Crippen molar-refractivity contribution in [3.8, 4) is 0 Å². The molecule has 0 spiro atoms. The summed E-state index contributed by atoms with van der Waals surface area (Å²) in [4.78, 5) is 19.5. The van der Waals surface area contributed by atoms with E-state index in [0.29, 0.717) is 23.5 Å². The molecule has 0 aliphatic heterocycles. The lowest BCUT2D eigenvalue weighted by atomic mass is 10.0. The quantitative estimate of drug-likeness (QED) is 0.162. The van der Waals surface area contributed by atoms with E-state index in [1.807, 2.05) is 12.1 Å². The van der Waals surface area contributed by atoms with E-state index in [4.69, 9.17) is 38.2 Å². The zero-order valence-corrected chi connectivity index (χ0v) is 21.6. The summed E-state index contributed by atoms with van der Waals surface area (Å²) in [6.45, 7) is 7.58. The molecule has 190 valence electrons. The van der Waals surface area contributed by atoms with E-state index >= 15 is 0 Å². The first kappa shape index (κ1) is 28.8. The number of benzene rings is 2. The van der Waals surface area contributed by atoms with Gasteiger partial charge in [0.15, 0.2) is 0 Å². The van der Waals surface area contributed by atoms with Gasteiger partial charge in [0.2, 0.25) is 0 Å². The molecule has 0 fully saturated rings. The van der Waals surface area contributed by atoms with Crippen molar-refractivity contribution < 1.29 is 47.4 Å². The van der Waals surface area contributed by atoms with Gasteiger partial charge in [-0.3, -0.25) is 0 Å². The number of rotatable bonds is 17. The van der Waals surface area contributed by atoms with Crippen molar-refractivity contribution in [3.63, 3.8) is 0 Å². The van der Waals surface area contributed by atoms with Gasteiger partial charge in [-0.2, -0.15) is 0 Å². The van der Waals surface area contributed by atoms with Crippen molar-refractivity contribution in [3.05, 3.63) is 59.7 Å². The van der Waals surface area contributed by atoms with Crippen LogP contribution in [0.15, 0.2) is 48.5 Å². The number of aryl methyl sites for hydroxylation is 2. The smallest absolute Gasteiger partial charge is 0.250 e. The van der Waals surface area contributed by atoms with E-state index in [0.717, 1.165) is 11.1 Å². The molecule has 0 heterocycles. The maximum Gasteiger partial charge on any atom is 0.414 e. The Hall–Kier alpha value is -1.42. The Balaban J connectivity index is 2.18. The van der Waals surface area contributed by atoms with Gasteiger partial charge in [0.25, 0.3) is 0 Å². The molecule has 0 aliphatic rings. The summed E-state index contributed by atoms with van der Waals surface area (Å²) in [6, 6.07) is 13.9. The summed E-state index contributed by atoms with van der Waals surface area (Å²) in [6.07, 6.45) is 1.17. The van der Waals surface area contributed by atoms with Crippen LogP contribution in [0.4, 0.5) is 0 Å². The molecule has 0 aromatic heterocycles. The topological polar surface area (TPSA) is 108 Å². The lowest BCUT2D eigenvalue weighted by molar-refractivity contribution is -0.260. The Morgan fingerprint density at radius 1 is 0.559 bits per heavy atom. The molecule has 12 heteroatoms. The van der Waals surface area contributed by atoms with E-state index in [9.17, 15) is 9.13 Å². The average molecular weight is 518 g/mol. The van der Waals surface area contributed by atoms with Crippen LogP contribution in [0.5, 0.6) is 0 Å². The summed E-state index contributed by atoms with van der Waals surface area (Å²) in [5, 5.41) is 0.612. The Kier molecular flexibility index (Phi) is 12.6. The first-order valence-corrected chi connectivity index (χ1v) is 14.1. The molecule has 0 N–H and O–H groups in total. The van der Waals surface area contributed by atoms with Gasteiger partial charge in [0, 0.05) is 0 Å². The Morgan fingerprint density at radius 2 is 0.882 bits per heavy atom. The van der Waals surface area contributed by atoms with E-state index in [1.165, 1.54) is 0 Å². The molecular formula is C22H32O10P2. The molecule has 0 bridgehead atoms. The lowest BCUT2D eigenvalue weighted by Crippen LogP contribution is -2.13. The van der Waals surface area contributed by atoms with Crippen LogP contribution < -0.4 is 10.6 Å². The molecule has 0 aliphatic carbocycles. The third-order valence-electron chi connectivity index (χ3n) is 4.23. The second-order valence-corrected chi connectivity index (χ2v) is 10.4. The zero-order chi connectivity index (χ0) is 24.9. The SMILES string of the molecule is CCOOP(=O)(OOCC)c1cccc(CCc2cccc(P(=O)(OOCC)OOCC)c2)c1. The number of hydrogen-bond acceptors (Lipinski definition) is 10. The highest BCUT2D eigenvalue weighted by molar-refractivity contribution is 7.62. The average Bonchev–Trinajstić information content (AvgIpc) is 2.87. The maximum atomic E-state index is 13.1. The van der Waals surface area contributed by atoms with E-state index in [2.05, 4.69) is 0 Å². The zero-order valence-electron chi connectivity index (χ0n) is 19.8. The summed E-state index contributed by atoms with van der Waals surface area (Å²) >= 11 is 0. The summed E-state index contributed by atoms with van der Waals surface area (Å²) < 4.78 is 46.3. The molecule has 34 heavy (non-hydrogen) atoms. The van der Waals surface area contributed by atoms with Crippen LogP contribution in [0.2, 0.25) is 0 Å². The predicted molar refractivity (Wildman–Crippen MR) is 126 cm³/mol. The van der Waals surface area contributed by atoms with Crippen LogP contribution in [0.3, 0.4) is 0 Å². The van der Waals surface area contributed by atoms with Gasteiger partial charge in [0.1, 0.15) is 0 Å². The monoisotopic (exact) mass is 518 g/mol. The first-order valence-electron chi connectivity index (χ1n) is 11.0. The Bertz CT molecular complexity index is 867. The summed E-state index contributed by atoms with van der Waals surface area (Å²) in [7, 11) is -7.64. The minimum absolute atomic E-state index is 0.194. The molecule has 0 radical (unpaired) electrons. The van der Waals surface area contributed by atoms with Gasteiger partial charge in [0.05, 0.1) is 37.0 Å². The second kappa shape index (κ2) is 14.9. The highest BCUT2D eigenvalue weighted by atomic mass is 31.2. The Labute approximate surface area is 200 Å². The molecule has 0 unspecified atom stereocenters. The summed E-state index contributed by atoms with van der Waals surface area (Å²) in [5.74, 6) is 0. The Morgan fingerprint density at radius 3 is 1.18 bits per heavy atom. The largest absolute Gasteiger partial charge is 0.414 e. The van der Waals surface area contributed by atoms with Crippen molar-refractivity contribution in [2.24, 2.45) is 0 Å². The fraction of sp³-hybridized carbons (Fsp3) is 0.455. The maximum absolute atomic E-state index is 13.1. The molecular weight excluding hydrogens is 486 g/mol. The van der Waals surface area contributed by atoms with Gasteiger partial charge in [-0.1, -0.05) is 24.3 Å². The van der Waals surface area contributed by atoms with Crippen LogP contribution in [0.25, 0.3) is 0 Å². The van der Waals surface area contributed by atoms with Crippen LogP contribution in [-0.4, -0.2) is 26.4 Å². The minimum Gasteiger partial charge on any atom is -0.250 e. The van der Waals surface area contributed by atoms with Crippen molar-refractivity contribution in [2.75, 3.05) is 26.4 Å². The van der Waals surface area contributed by atoms with Crippen LogP contribution >= 0.6 is 15.2 Å². The fourth-order valence-electron chi connectivity index (χ4n) is 2.74. The molecule has 2 aromatic carbocycles. The van der Waals surface area contributed by atoms with E-state index in [1.54, 1.807) is 64.1 Å². The van der Waals surface area contributed by atoms with Crippen molar-refractivity contribution in [1.29, 1.82) is 0 Å².